The van der Waals surface area contributed by atoms with Gasteiger partial charge in [0.2, 0.25) is 5.91 Å². The van der Waals surface area contributed by atoms with E-state index in [1.165, 1.54) is 38.6 Å². The molecule has 110 valence electrons. The van der Waals surface area contributed by atoms with E-state index in [9.17, 15) is 4.79 Å². The summed E-state index contributed by atoms with van der Waals surface area (Å²) < 4.78 is 0. The number of rotatable bonds is 4. The van der Waals surface area contributed by atoms with Crippen LogP contribution in [0.5, 0.6) is 0 Å². The van der Waals surface area contributed by atoms with Gasteiger partial charge in [0.1, 0.15) is 0 Å². The van der Waals surface area contributed by atoms with Crippen LogP contribution in [-0.4, -0.2) is 48.4 Å². The molecular formula is C16H30N2O. The highest BCUT2D eigenvalue weighted by molar-refractivity contribution is 5.78. The minimum atomic E-state index is 0.199. The molecule has 1 saturated heterocycles. The zero-order chi connectivity index (χ0) is 13.7. The Morgan fingerprint density at radius 3 is 2.32 bits per heavy atom. The summed E-state index contributed by atoms with van der Waals surface area (Å²) in [6.45, 7) is 9.47. The van der Waals surface area contributed by atoms with Gasteiger partial charge in [-0.1, -0.05) is 33.1 Å². The van der Waals surface area contributed by atoms with Crippen molar-refractivity contribution in [2.75, 3.05) is 32.7 Å². The van der Waals surface area contributed by atoms with Gasteiger partial charge in [-0.25, -0.2) is 0 Å². The zero-order valence-corrected chi connectivity index (χ0v) is 12.7. The van der Waals surface area contributed by atoms with Crippen molar-refractivity contribution in [3.05, 3.63) is 0 Å². The molecule has 1 amide bonds. The zero-order valence-electron chi connectivity index (χ0n) is 12.7. The number of carbonyl (C=O) groups excluding carboxylic acids is 1. The summed E-state index contributed by atoms with van der Waals surface area (Å²) in [6.07, 6.45) is 8.10. The van der Waals surface area contributed by atoms with Crippen molar-refractivity contribution < 1.29 is 4.79 Å². The van der Waals surface area contributed by atoms with E-state index in [1.54, 1.807) is 0 Å². The summed E-state index contributed by atoms with van der Waals surface area (Å²) in [4.78, 5) is 16.8. The predicted molar refractivity (Wildman–Crippen MR) is 79.1 cm³/mol. The molecule has 0 N–H and O–H groups in total. The van der Waals surface area contributed by atoms with E-state index in [-0.39, 0.29) is 5.92 Å². The molecule has 1 aliphatic heterocycles. The molecule has 1 saturated carbocycles. The third-order valence-electron chi connectivity index (χ3n) is 4.96. The molecule has 1 unspecified atom stereocenters. The van der Waals surface area contributed by atoms with Crippen LogP contribution in [0.4, 0.5) is 0 Å². The van der Waals surface area contributed by atoms with Crippen LogP contribution < -0.4 is 0 Å². The molecule has 2 aliphatic rings. The van der Waals surface area contributed by atoms with Gasteiger partial charge in [0.25, 0.3) is 0 Å². The quantitative estimate of drug-likeness (QED) is 0.781. The van der Waals surface area contributed by atoms with E-state index in [1.807, 2.05) is 0 Å². The van der Waals surface area contributed by atoms with Gasteiger partial charge in [0.15, 0.2) is 0 Å². The summed E-state index contributed by atoms with van der Waals surface area (Å²) in [5.74, 6) is 1.48. The Labute approximate surface area is 118 Å². The first-order valence-corrected chi connectivity index (χ1v) is 8.21. The van der Waals surface area contributed by atoms with Gasteiger partial charge in [-0.2, -0.15) is 0 Å². The maximum Gasteiger partial charge on any atom is 0.225 e. The summed E-state index contributed by atoms with van der Waals surface area (Å²) in [7, 11) is 0. The van der Waals surface area contributed by atoms with E-state index in [0.717, 1.165) is 38.5 Å². The van der Waals surface area contributed by atoms with Crippen LogP contribution in [-0.2, 0) is 4.79 Å². The summed E-state index contributed by atoms with van der Waals surface area (Å²) in [6, 6.07) is 0. The van der Waals surface area contributed by atoms with Crippen LogP contribution in [0.2, 0.25) is 0 Å². The fraction of sp³-hybridized carbons (Fsp3) is 0.938. The molecule has 3 heteroatoms. The lowest BCUT2D eigenvalue weighted by Gasteiger charge is -2.38. The van der Waals surface area contributed by atoms with Crippen molar-refractivity contribution in [1.82, 2.24) is 9.80 Å². The first-order chi connectivity index (χ1) is 9.20. The van der Waals surface area contributed by atoms with E-state index < -0.39 is 0 Å². The lowest BCUT2D eigenvalue weighted by atomic mass is 9.89. The number of hydrogen-bond donors (Lipinski definition) is 0. The molecule has 2 rings (SSSR count). The minimum Gasteiger partial charge on any atom is -0.340 e. The molecule has 3 nitrogen and oxygen atoms in total. The average Bonchev–Trinajstić information content (AvgIpc) is 2.47. The summed E-state index contributed by atoms with van der Waals surface area (Å²) in [5.41, 5.74) is 0. The highest BCUT2D eigenvalue weighted by Gasteiger charge is 2.25. The standard InChI is InChI=1S/C16H30N2O/c1-3-14(2)16(19)18-11-9-17(10-12-18)13-15-7-5-4-6-8-15/h14-15H,3-13H2,1-2H3. The van der Waals surface area contributed by atoms with Crippen LogP contribution in [0, 0.1) is 11.8 Å². The first kappa shape index (κ1) is 14.8. The minimum absolute atomic E-state index is 0.199. The molecule has 19 heavy (non-hydrogen) atoms. The van der Waals surface area contributed by atoms with Crippen LogP contribution in [0.25, 0.3) is 0 Å². The van der Waals surface area contributed by atoms with Crippen LogP contribution in [0.3, 0.4) is 0 Å². The predicted octanol–water partition coefficient (Wildman–Crippen LogP) is 2.76. The number of carbonyl (C=O) groups is 1. The van der Waals surface area contributed by atoms with Gasteiger partial charge < -0.3 is 4.90 Å². The average molecular weight is 266 g/mol. The van der Waals surface area contributed by atoms with Crippen molar-refractivity contribution in [2.24, 2.45) is 11.8 Å². The first-order valence-electron chi connectivity index (χ1n) is 8.21. The Morgan fingerprint density at radius 2 is 1.74 bits per heavy atom. The summed E-state index contributed by atoms with van der Waals surface area (Å²) in [5, 5.41) is 0. The molecule has 0 spiro atoms. The second kappa shape index (κ2) is 7.28. The van der Waals surface area contributed by atoms with E-state index in [2.05, 4.69) is 23.6 Å². The Hall–Kier alpha value is -0.570. The van der Waals surface area contributed by atoms with Gasteiger partial charge >= 0.3 is 0 Å². The van der Waals surface area contributed by atoms with Crippen LogP contribution >= 0.6 is 0 Å². The maximum atomic E-state index is 12.1. The molecule has 0 radical (unpaired) electrons. The number of hydrogen-bond acceptors (Lipinski definition) is 2. The molecule has 0 bridgehead atoms. The highest BCUT2D eigenvalue weighted by atomic mass is 16.2. The second-order valence-electron chi connectivity index (χ2n) is 6.44. The van der Waals surface area contributed by atoms with Gasteiger partial charge in [0.05, 0.1) is 0 Å². The third kappa shape index (κ3) is 4.20. The maximum absolute atomic E-state index is 12.1. The molecule has 1 atom stereocenters. The lowest BCUT2D eigenvalue weighted by Crippen LogP contribution is -2.51. The third-order valence-corrected chi connectivity index (χ3v) is 4.96. The van der Waals surface area contributed by atoms with Gasteiger partial charge in [-0.05, 0) is 25.2 Å². The van der Waals surface area contributed by atoms with Crippen LogP contribution in [0.1, 0.15) is 52.4 Å². The Kier molecular flexibility index (Phi) is 5.68. The Bertz CT molecular complexity index is 278. The molecule has 1 aliphatic carbocycles. The van der Waals surface area contributed by atoms with Crippen molar-refractivity contribution >= 4 is 5.91 Å². The van der Waals surface area contributed by atoms with Crippen molar-refractivity contribution in [1.29, 1.82) is 0 Å². The molecule has 0 aromatic carbocycles. The van der Waals surface area contributed by atoms with Gasteiger partial charge in [-0.3, -0.25) is 9.69 Å². The monoisotopic (exact) mass is 266 g/mol. The molecule has 2 fully saturated rings. The largest absolute Gasteiger partial charge is 0.340 e. The lowest BCUT2D eigenvalue weighted by molar-refractivity contribution is -0.136. The van der Waals surface area contributed by atoms with E-state index in [4.69, 9.17) is 0 Å². The number of piperazine rings is 1. The fourth-order valence-corrected chi connectivity index (χ4v) is 3.37. The van der Waals surface area contributed by atoms with Crippen LogP contribution in [0.15, 0.2) is 0 Å². The SMILES string of the molecule is CCC(C)C(=O)N1CCN(CC2CCCCC2)CC1. The highest BCUT2D eigenvalue weighted by Crippen LogP contribution is 2.24. The molecule has 0 aromatic heterocycles. The fourth-order valence-electron chi connectivity index (χ4n) is 3.37. The molecule has 0 aromatic rings. The molecule has 1 heterocycles. The van der Waals surface area contributed by atoms with Crippen molar-refractivity contribution in [3.8, 4) is 0 Å². The van der Waals surface area contributed by atoms with Gasteiger partial charge in [0, 0.05) is 38.6 Å². The van der Waals surface area contributed by atoms with Crippen molar-refractivity contribution in [2.45, 2.75) is 52.4 Å². The second-order valence-corrected chi connectivity index (χ2v) is 6.44. The normalized spacial score (nSPS) is 24.4. The smallest absolute Gasteiger partial charge is 0.225 e. The van der Waals surface area contributed by atoms with Gasteiger partial charge in [-0.15, -0.1) is 0 Å². The topological polar surface area (TPSA) is 23.6 Å². The number of amides is 1. The van der Waals surface area contributed by atoms with Crippen molar-refractivity contribution in [3.63, 3.8) is 0 Å². The van der Waals surface area contributed by atoms with E-state index >= 15 is 0 Å². The number of nitrogens with zero attached hydrogens (tertiary/aromatic N) is 2. The Morgan fingerprint density at radius 1 is 1.11 bits per heavy atom. The Balaban J connectivity index is 1.71. The molecular weight excluding hydrogens is 236 g/mol. The summed E-state index contributed by atoms with van der Waals surface area (Å²) >= 11 is 0. The van der Waals surface area contributed by atoms with E-state index in [0.29, 0.717) is 5.91 Å².